The first kappa shape index (κ1) is 27.0. The van der Waals surface area contributed by atoms with Crippen molar-refractivity contribution in [2.45, 2.75) is 33.1 Å². The summed E-state index contributed by atoms with van der Waals surface area (Å²) in [5.41, 5.74) is 4.64. The normalized spacial score (nSPS) is 11.8. The number of hydrogen-bond donors (Lipinski definition) is 0. The largest absolute Gasteiger partial charge is 0.468 e. The number of anilines is 2. The highest BCUT2D eigenvalue weighted by atomic mass is 16.7. The molecule has 3 aromatic carbocycles. The summed E-state index contributed by atoms with van der Waals surface area (Å²) in [4.78, 5) is 27.7. The van der Waals surface area contributed by atoms with Gasteiger partial charge in [0.15, 0.2) is 24.1 Å². The first-order chi connectivity index (χ1) is 18.4. The number of aryl methyl sites for hydroxylation is 2. The zero-order valence-electron chi connectivity index (χ0n) is 22.2. The molecule has 0 radical (unpaired) electrons. The Labute approximate surface area is 223 Å². The third kappa shape index (κ3) is 6.08. The van der Waals surface area contributed by atoms with E-state index in [9.17, 15) is 9.59 Å². The van der Waals surface area contributed by atoms with E-state index in [1.807, 2.05) is 42.3 Å². The van der Waals surface area contributed by atoms with Gasteiger partial charge in [-0.25, -0.2) is 4.79 Å². The van der Waals surface area contributed by atoms with Crippen LogP contribution in [0.2, 0.25) is 0 Å². The van der Waals surface area contributed by atoms with Crippen LogP contribution >= 0.6 is 0 Å². The van der Waals surface area contributed by atoms with Gasteiger partial charge in [0.05, 0.1) is 17.9 Å². The lowest BCUT2D eigenvalue weighted by Gasteiger charge is -2.25. The molecule has 0 unspecified atom stereocenters. The number of benzene rings is 3. The van der Waals surface area contributed by atoms with Gasteiger partial charge in [0.25, 0.3) is 0 Å². The smallest absolute Gasteiger partial charge is 0.338 e. The lowest BCUT2D eigenvalue weighted by molar-refractivity contribution is 0.0509. The highest BCUT2D eigenvalue weighted by Crippen LogP contribution is 2.41. The molecule has 38 heavy (non-hydrogen) atoms. The molecule has 0 amide bonds. The molecular weight excluding hydrogens is 486 g/mol. The molecule has 4 rings (SSSR count). The molecule has 0 saturated heterocycles. The molecule has 1 aliphatic heterocycles. The van der Waals surface area contributed by atoms with Gasteiger partial charge in [-0.1, -0.05) is 19.1 Å². The summed E-state index contributed by atoms with van der Waals surface area (Å²) in [6.07, 6.45) is 1.51. The van der Waals surface area contributed by atoms with E-state index in [-0.39, 0.29) is 31.8 Å². The average molecular weight is 520 g/mol. The van der Waals surface area contributed by atoms with Crippen molar-refractivity contribution in [2.24, 2.45) is 0 Å². The Morgan fingerprint density at radius 3 is 2.50 bits per heavy atom. The summed E-state index contributed by atoms with van der Waals surface area (Å²) in [5.74, 6) is 1.53. The van der Waals surface area contributed by atoms with E-state index in [1.165, 1.54) is 0 Å². The zero-order chi connectivity index (χ0) is 27.1. The minimum Gasteiger partial charge on any atom is -0.468 e. The van der Waals surface area contributed by atoms with Gasteiger partial charge in [0.1, 0.15) is 5.75 Å². The summed E-state index contributed by atoms with van der Waals surface area (Å²) in [6.45, 7) is 4.42. The van der Waals surface area contributed by atoms with Gasteiger partial charge in [-0.15, -0.1) is 0 Å². The fourth-order valence-corrected chi connectivity index (χ4v) is 4.41. The van der Waals surface area contributed by atoms with Crippen molar-refractivity contribution in [3.05, 3.63) is 76.9 Å². The van der Waals surface area contributed by atoms with Crippen molar-refractivity contribution in [1.82, 2.24) is 0 Å². The lowest BCUT2D eigenvalue weighted by atomic mass is 9.99. The average Bonchev–Trinajstić information content (AvgIpc) is 3.41. The van der Waals surface area contributed by atoms with Gasteiger partial charge in [0, 0.05) is 37.9 Å². The molecule has 1 aliphatic rings. The van der Waals surface area contributed by atoms with Crippen molar-refractivity contribution in [2.75, 3.05) is 39.3 Å². The Balaban J connectivity index is 1.62. The van der Waals surface area contributed by atoms with Gasteiger partial charge < -0.3 is 28.6 Å². The van der Waals surface area contributed by atoms with E-state index in [0.29, 0.717) is 35.7 Å². The second kappa shape index (κ2) is 12.5. The maximum absolute atomic E-state index is 13.6. The number of rotatable bonds is 12. The van der Waals surface area contributed by atoms with E-state index in [4.69, 9.17) is 23.7 Å². The first-order valence-corrected chi connectivity index (χ1v) is 12.7. The SMILES string of the molecule is CCOC(=O)c1cccc(CCC(=O)c2cc(OCOC)ccc2N(C)c2cc3c(cc2CC)OCO3)c1. The topological polar surface area (TPSA) is 83.5 Å². The molecule has 8 nitrogen and oxygen atoms in total. The molecule has 0 aliphatic carbocycles. The summed E-state index contributed by atoms with van der Waals surface area (Å²) in [7, 11) is 3.48. The van der Waals surface area contributed by atoms with E-state index in [1.54, 1.807) is 38.3 Å². The molecule has 1 heterocycles. The van der Waals surface area contributed by atoms with Crippen molar-refractivity contribution >= 4 is 23.1 Å². The molecule has 8 heteroatoms. The van der Waals surface area contributed by atoms with Crippen LogP contribution in [0.25, 0.3) is 0 Å². The summed E-state index contributed by atoms with van der Waals surface area (Å²) in [5, 5.41) is 0. The van der Waals surface area contributed by atoms with Crippen LogP contribution in [0.4, 0.5) is 11.4 Å². The molecular formula is C30H33NO7. The number of esters is 1. The van der Waals surface area contributed by atoms with Crippen LogP contribution in [-0.4, -0.2) is 46.1 Å². The molecule has 0 spiro atoms. The number of carbonyl (C=O) groups excluding carboxylic acids is 2. The lowest BCUT2D eigenvalue weighted by Crippen LogP contribution is -2.16. The predicted octanol–water partition coefficient (Wildman–Crippen LogP) is 5.72. The Morgan fingerprint density at radius 1 is 0.974 bits per heavy atom. The Kier molecular flexibility index (Phi) is 8.86. The molecule has 200 valence electrons. The van der Waals surface area contributed by atoms with Crippen LogP contribution in [0.3, 0.4) is 0 Å². The maximum atomic E-state index is 13.6. The molecule has 0 fully saturated rings. The molecule has 0 bridgehead atoms. The number of fused-ring (bicyclic) bond motifs is 1. The number of nitrogens with zero attached hydrogens (tertiary/aromatic N) is 1. The van der Waals surface area contributed by atoms with Crippen molar-refractivity contribution < 1.29 is 33.3 Å². The fraction of sp³-hybridized carbons (Fsp3) is 0.333. The summed E-state index contributed by atoms with van der Waals surface area (Å²) >= 11 is 0. The van der Waals surface area contributed by atoms with E-state index in [2.05, 4.69) is 6.92 Å². The Hall–Kier alpha value is -4.04. The van der Waals surface area contributed by atoms with Crippen LogP contribution in [0.1, 0.15) is 52.1 Å². The second-order valence-electron chi connectivity index (χ2n) is 8.82. The third-order valence-electron chi connectivity index (χ3n) is 6.37. The highest BCUT2D eigenvalue weighted by Gasteiger charge is 2.22. The van der Waals surface area contributed by atoms with Gasteiger partial charge in [-0.3, -0.25) is 4.79 Å². The Bertz CT molecular complexity index is 1300. The van der Waals surface area contributed by atoms with Crippen LogP contribution in [-0.2, 0) is 22.3 Å². The maximum Gasteiger partial charge on any atom is 0.338 e. The summed E-state index contributed by atoms with van der Waals surface area (Å²) < 4.78 is 26.9. The predicted molar refractivity (Wildman–Crippen MR) is 144 cm³/mol. The van der Waals surface area contributed by atoms with Gasteiger partial charge >= 0.3 is 5.97 Å². The number of hydrogen-bond acceptors (Lipinski definition) is 8. The van der Waals surface area contributed by atoms with Crippen molar-refractivity contribution in [1.29, 1.82) is 0 Å². The van der Waals surface area contributed by atoms with Crippen molar-refractivity contribution in [3.63, 3.8) is 0 Å². The highest BCUT2D eigenvalue weighted by molar-refractivity contribution is 6.02. The monoisotopic (exact) mass is 519 g/mol. The first-order valence-electron chi connectivity index (χ1n) is 12.7. The Morgan fingerprint density at radius 2 is 1.76 bits per heavy atom. The van der Waals surface area contributed by atoms with Crippen molar-refractivity contribution in [3.8, 4) is 17.2 Å². The number of ether oxygens (including phenoxy) is 5. The van der Waals surface area contributed by atoms with Gasteiger partial charge in [-0.2, -0.15) is 0 Å². The minimum absolute atomic E-state index is 0.0463. The number of ketones is 1. The number of methoxy groups -OCH3 is 1. The molecule has 0 saturated carbocycles. The minimum atomic E-state index is -0.372. The fourth-order valence-electron chi connectivity index (χ4n) is 4.41. The molecule has 0 N–H and O–H groups in total. The zero-order valence-corrected chi connectivity index (χ0v) is 22.2. The second-order valence-corrected chi connectivity index (χ2v) is 8.82. The quantitative estimate of drug-likeness (QED) is 0.171. The molecule has 3 aromatic rings. The summed E-state index contributed by atoms with van der Waals surface area (Å²) in [6, 6.07) is 16.6. The van der Waals surface area contributed by atoms with Gasteiger partial charge in [-0.05, 0) is 67.3 Å². The standard InChI is InChI=1S/C30H33NO7/c1-5-21-15-28-29(38-19-37-28)17-26(21)31(3)25-12-11-23(36-18-34-4)16-24(25)27(32)13-10-20-8-7-9-22(14-20)30(33)35-6-2/h7-9,11-12,14-17H,5-6,10,13,18-19H2,1-4H3. The van der Waals surface area contributed by atoms with Crippen LogP contribution in [0.5, 0.6) is 17.2 Å². The molecule has 0 aromatic heterocycles. The van der Waals surface area contributed by atoms with Crippen LogP contribution in [0.15, 0.2) is 54.6 Å². The van der Waals surface area contributed by atoms with E-state index >= 15 is 0 Å². The van der Waals surface area contributed by atoms with Crippen LogP contribution < -0.4 is 19.1 Å². The van der Waals surface area contributed by atoms with Crippen LogP contribution in [0, 0.1) is 0 Å². The number of Topliss-reactive ketones (excluding diaryl/α,β-unsaturated/α-hetero) is 1. The third-order valence-corrected chi connectivity index (χ3v) is 6.37. The number of carbonyl (C=O) groups is 2. The molecule has 0 atom stereocenters. The van der Waals surface area contributed by atoms with Gasteiger partial charge in [0.2, 0.25) is 6.79 Å². The van der Waals surface area contributed by atoms with E-state index < -0.39 is 0 Å². The van der Waals surface area contributed by atoms with E-state index in [0.717, 1.165) is 34.7 Å².